The van der Waals surface area contributed by atoms with Crippen LogP contribution in [0.4, 0.5) is 0 Å². The monoisotopic (exact) mass is 250 g/mol. The standard InChI is InChI=1S/C14H26N4/c1-11(2)18-8-5-13(6-9-18)16-12(3)14-15-7-10-17(14)4/h7,10-13,16H,5-6,8-9H2,1-4H3. The molecule has 2 heterocycles. The Hall–Kier alpha value is -0.870. The molecule has 1 N–H and O–H groups in total. The summed E-state index contributed by atoms with van der Waals surface area (Å²) in [5.41, 5.74) is 0. The van der Waals surface area contributed by atoms with Crippen molar-refractivity contribution in [2.75, 3.05) is 13.1 Å². The van der Waals surface area contributed by atoms with E-state index in [-0.39, 0.29) is 0 Å². The zero-order chi connectivity index (χ0) is 13.1. The second-order valence-corrected chi connectivity index (χ2v) is 5.69. The summed E-state index contributed by atoms with van der Waals surface area (Å²) in [6.45, 7) is 9.19. The minimum atomic E-state index is 0.334. The van der Waals surface area contributed by atoms with Crippen LogP contribution in [0.3, 0.4) is 0 Å². The van der Waals surface area contributed by atoms with E-state index in [4.69, 9.17) is 0 Å². The second-order valence-electron chi connectivity index (χ2n) is 5.69. The molecule has 1 fully saturated rings. The molecule has 1 atom stereocenters. The summed E-state index contributed by atoms with van der Waals surface area (Å²) in [5, 5.41) is 3.71. The van der Waals surface area contributed by atoms with Crippen LogP contribution in [0.25, 0.3) is 0 Å². The van der Waals surface area contributed by atoms with E-state index in [0.717, 1.165) is 5.82 Å². The lowest BCUT2D eigenvalue weighted by Gasteiger charge is -2.36. The van der Waals surface area contributed by atoms with Gasteiger partial charge in [-0.25, -0.2) is 4.98 Å². The van der Waals surface area contributed by atoms with Crippen LogP contribution in [0.5, 0.6) is 0 Å². The van der Waals surface area contributed by atoms with Gasteiger partial charge in [0.25, 0.3) is 0 Å². The third-order valence-corrected chi connectivity index (χ3v) is 3.99. The Balaban J connectivity index is 1.83. The first-order chi connectivity index (χ1) is 8.58. The largest absolute Gasteiger partial charge is 0.337 e. The van der Waals surface area contributed by atoms with Crippen LogP contribution in [-0.4, -0.2) is 39.6 Å². The predicted octanol–water partition coefficient (Wildman–Crippen LogP) is 1.94. The predicted molar refractivity (Wildman–Crippen MR) is 74.5 cm³/mol. The summed E-state index contributed by atoms with van der Waals surface area (Å²) >= 11 is 0. The number of hydrogen-bond acceptors (Lipinski definition) is 3. The maximum atomic E-state index is 4.41. The summed E-state index contributed by atoms with van der Waals surface area (Å²) in [5.74, 6) is 1.13. The molecule has 1 unspecified atom stereocenters. The van der Waals surface area contributed by atoms with Crippen molar-refractivity contribution in [3.8, 4) is 0 Å². The molecule has 2 rings (SSSR count). The molecule has 4 nitrogen and oxygen atoms in total. The van der Waals surface area contributed by atoms with Crippen LogP contribution in [0.2, 0.25) is 0 Å². The van der Waals surface area contributed by atoms with Gasteiger partial charge in [0.05, 0.1) is 6.04 Å². The van der Waals surface area contributed by atoms with Crippen molar-refractivity contribution in [1.82, 2.24) is 19.8 Å². The fourth-order valence-electron chi connectivity index (χ4n) is 2.81. The lowest BCUT2D eigenvalue weighted by molar-refractivity contribution is 0.156. The van der Waals surface area contributed by atoms with Crippen molar-refractivity contribution in [3.63, 3.8) is 0 Å². The average molecular weight is 250 g/mol. The third-order valence-electron chi connectivity index (χ3n) is 3.99. The van der Waals surface area contributed by atoms with Gasteiger partial charge in [-0.3, -0.25) is 0 Å². The number of nitrogens with zero attached hydrogens (tertiary/aromatic N) is 3. The van der Waals surface area contributed by atoms with Gasteiger partial charge in [0.15, 0.2) is 0 Å². The molecule has 0 bridgehead atoms. The molecular formula is C14H26N4. The molecule has 1 aromatic heterocycles. The normalized spacial score (nSPS) is 20.5. The first kappa shape index (κ1) is 13.6. The lowest BCUT2D eigenvalue weighted by Crippen LogP contribution is -2.45. The highest BCUT2D eigenvalue weighted by atomic mass is 15.2. The van der Waals surface area contributed by atoms with Gasteiger partial charge < -0.3 is 14.8 Å². The fourth-order valence-corrected chi connectivity index (χ4v) is 2.81. The van der Waals surface area contributed by atoms with Gasteiger partial charge in [0.1, 0.15) is 5.82 Å². The van der Waals surface area contributed by atoms with Crippen molar-refractivity contribution in [3.05, 3.63) is 18.2 Å². The van der Waals surface area contributed by atoms with Crippen LogP contribution in [0.15, 0.2) is 12.4 Å². The maximum absolute atomic E-state index is 4.41. The SMILES string of the molecule is CC(NC1CCN(C(C)C)CC1)c1nccn1C. The molecule has 1 aliphatic rings. The van der Waals surface area contributed by atoms with Crippen LogP contribution < -0.4 is 5.32 Å². The Labute approximate surface area is 110 Å². The van der Waals surface area contributed by atoms with E-state index < -0.39 is 0 Å². The third kappa shape index (κ3) is 3.12. The molecule has 1 aromatic rings. The Morgan fingerprint density at radius 2 is 1.94 bits per heavy atom. The molecule has 102 valence electrons. The topological polar surface area (TPSA) is 33.1 Å². The van der Waals surface area contributed by atoms with Crippen LogP contribution in [0, 0.1) is 0 Å². The highest BCUT2D eigenvalue weighted by molar-refractivity contribution is 4.98. The lowest BCUT2D eigenvalue weighted by atomic mass is 10.0. The number of hydrogen-bond donors (Lipinski definition) is 1. The van der Waals surface area contributed by atoms with Crippen molar-refractivity contribution < 1.29 is 0 Å². The molecular weight excluding hydrogens is 224 g/mol. The van der Waals surface area contributed by atoms with E-state index in [9.17, 15) is 0 Å². The van der Waals surface area contributed by atoms with Crippen LogP contribution >= 0.6 is 0 Å². The van der Waals surface area contributed by atoms with Gasteiger partial charge in [-0.15, -0.1) is 0 Å². The van der Waals surface area contributed by atoms with Gasteiger partial charge in [-0.2, -0.15) is 0 Å². The second kappa shape index (κ2) is 5.85. The summed E-state index contributed by atoms with van der Waals surface area (Å²) in [4.78, 5) is 6.97. The smallest absolute Gasteiger partial charge is 0.125 e. The number of rotatable bonds is 4. The van der Waals surface area contributed by atoms with Gasteiger partial charge in [-0.1, -0.05) is 0 Å². The molecule has 1 saturated heterocycles. The molecule has 0 aliphatic carbocycles. The van der Waals surface area contributed by atoms with E-state index >= 15 is 0 Å². The van der Waals surface area contributed by atoms with Crippen molar-refractivity contribution in [2.24, 2.45) is 7.05 Å². The summed E-state index contributed by atoms with van der Waals surface area (Å²) < 4.78 is 2.10. The first-order valence-corrected chi connectivity index (χ1v) is 7.05. The van der Waals surface area contributed by atoms with Gasteiger partial charge >= 0.3 is 0 Å². The van der Waals surface area contributed by atoms with Gasteiger partial charge in [0, 0.05) is 31.5 Å². The van der Waals surface area contributed by atoms with Crippen molar-refractivity contribution >= 4 is 0 Å². The van der Waals surface area contributed by atoms with Crippen LogP contribution in [-0.2, 0) is 7.05 Å². The molecule has 0 spiro atoms. The molecule has 0 aromatic carbocycles. The number of imidazole rings is 1. The van der Waals surface area contributed by atoms with E-state index in [1.807, 2.05) is 12.4 Å². The number of likely N-dealkylation sites (tertiary alicyclic amines) is 1. The minimum Gasteiger partial charge on any atom is -0.337 e. The molecule has 0 amide bonds. The van der Waals surface area contributed by atoms with Gasteiger partial charge in [0.2, 0.25) is 0 Å². The zero-order valence-corrected chi connectivity index (χ0v) is 12.1. The van der Waals surface area contributed by atoms with E-state index in [2.05, 4.69) is 47.6 Å². The quantitative estimate of drug-likeness (QED) is 0.886. The number of nitrogens with one attached hydrogen (secondary N) is 1. The van der Waals surface area contributed by atoms with Crippen molar-refractivity contribution in [2.45, 2.75) is 51.7 Å². The highest BCUT2D eigenvalue weighted by Crippen LogP contribution is 2.17. The zero-order valence-electron chi connectivity index (χ0n) is 12.1. The Kier molecular flexibility index (Phi) is 4.40. The number of aromatic nitrogens is 2. The molecule has 0 radical (unpaired) electrons. The molecule has 0 saturated carbocycles. The molecule has 18 heavy (non-hydrogen) atoms. The Morgan fingerprint density at radius 1 is 1.28 bits per heavy atom. The van der Waals surface area contributed by atoms with Gasteiger partial charge in [-0.05, 0) is 46.7 Å². The number of piperidine rings is 1. The summed E-state index contributed by atoms with van der Waals surface area (Å²) in [6.07, 6.45) is 6.36. The Morgan fingerprint density at radius 3 is 2.44 bits per heavy atom. The Bertz CT molecular complexity index is 364. The maximum Gasteiger partial charge on any atom is 0.125 e. The van der Waals surface area contributed by atoms with E-state index in [1.54, 1.807) is 0 Å². The number of aryl methyl sites for hydroxylation is 1. The van der Waals surface area contributed by atoms with E-state index in [1.165, 1.54) is 25.9 Å². The van der Waals surface area contributed by atoms with E-state index in [0.29, 0.717) is 18.1 Å². The minimum absolute atomic E-state index is 0.334. The van der Waals surface area contributed by atoms with Crippen LogP contribution in [0.1, 0.15) is 45.5 Å². The summed E-state index contributed by atoms with van der Waals surface area (Å²) in [6, 6.07) is 1.64. The molecule has 4 heteroatoms. The summed E-state index contributed by atoms with van der Waals surface area (Å²) in [7, 11) is 2.06. The first-order valence-electron chi connectivity index (χ1n) is 7.05. The average Bonchev–Trinajstić information content (AvgIpc) is 2.76. The highest BCUT2D eigenvalue weighted by Gasteiger charge is 2.22. The molecule has 1 aliphatic heterocycles. The van der Waals surface area contributed by atoms with Crippen molar-refractivity contribution in [1.29, 1.82) is 0 Å². The fraction of sp³-hybridized carbons (Fsp3) is 0.786.